The van der Waals surface area contributed by atoms with E-state index in [9.17, 15) is 9.50 Å². The molecule has 0 aliphatic carbocycles. The lowest BCUT2D eigenvalue weighted by Gasteiger charge is -2.19. The zero-order valence-corrected chi connectivity index (χ0v) is 13.0. The van der Waals surface area contributed by atoms with E-state index < -0.39 is 6.10 Å². The minimum atomic E-state index is -0.867. The molecule has 2 nitrogen and oxygen atoms in total. The van der Waals surface area contributed by atoms with Crippen molar-refractivity contribution in [2.24, 2.45) is 0 Å². The molecule has 23 heavy (non-hydrogen) atoms. The lowest BCUT2D eigenvalue weighted by atomic mass is 9.99. The van der Waals surface area contributed by atoms with Crippen LogP contribution in [0.5, 0.6) is 0 Å². The molecular weight excluding hydrogens is 289 g/mol. The number of halogens is 1. The maximum atomic E-state index is 13.7. The molecule has 3 aromatic rings. The van der Waals surface area contributed by atoms with Crippen molar-refractivity contribution in [3.63, 3.8) is 0 Å². The van der Waals surface area contributed by atoms with Crippen LogP contribution in [0.1, 0.15) is 30.2 Å². The average molecular weight is 309 g/mol. The van der Waals surface area contributed by atoms with Gasteiger partial charge < -0.3 is 10.4 Å². The first-order chi connectivity index (χ1) is 11.2. The van der Waals surface area contributed by atoms with E-state index in [4.69, 9.17) is 0 Å². The highest BCUT2D eigenvalue weighted by atomic mass is 19.1. The van der Waals surface area contributed by atoms with E-state index in [-0.39, 0.29) is 11.9 Å². The summed E-state index contributed by atoms with van der Waals surface area (Å²) in [7, 11) is 0. The molecule has 2 unspecified atom stereocenters. The molecule has 0 saturated carbocycles. The third kappa shape index (κ3) is 3.41. The van der Waals surface area contributed by atoms with Gasteiger partial charge in [0.2, 0.25) is 0 Å². The van der Waals surface area contributed by atoms with Crippen LogP contribution in [0.25, 0.3) is 10.8 Å². The van der Waals surface area contributed by atoms with Crippen molar-refractivity contribution in [2.75, 3.05) is 6.54 Å². The molecule has 3 heteroatoms. The predicted molar refractivity (Wildman–Crippen MR) is 91.7 cm³/mol. The standard InChI is InChI=1S/C20H20FNO/c1-14(16-11-6-8-15-7-2-3-9-17(15)16)22-13-20(23)18-10-4-5-12-19(18)21/h2-12,14,20,22-23H,13H2,1H3. The second-order valence-corrected chi connectivity index (χ2v) is 5.74. The van der Waals surface area contributed by atoms with E-state index in [2.05, 4.69) is 36.5 Å². The number of hydrogen-bond donors (Lipinski definition) is 2. The van der Waals surface area contributed by atoms with Crippen LogP contribution in [0, 0.1) is 5.82 Å². The highest BCUT2D eigenvalue weighted by Gasteiger charge is 2.14. The van der Waals surface area contributed by atoms with Crippen molar-refractivity contribution in [1.82, 2.24) is 5.32 Å². The summed E-state index contributed by atoms with van der Waals surface area (Å²) in [6.45, 7) is 2.35. The van der Waals surface area contributed by atoms with Gasteiger partial charge in [-0.15, -0.1) is 0 Å². The minimum absolute atomic E-state index is 0.0579. The van der Waals surface area contributed by atoms with Gasteiger partial charge in [0.25, 0.3) is 0 Å². The Balaban J connectivity index is 1.74. The van der Waals surface area contributed by atoms with Crippen molar-refractivity contribution in [1.29, 1.82) is 0 Å². The molecule has 0 spiro atoms. The Labute approximate surface area is 135 Å². The van der Waals surface area contributed by atoms with E-state index in [1.54, 1.807) is 18.2 Å². The quantitative estimate of drug-likeness (QED) is 0.734. The zero-order chi connectivity index (χ0) is 16.2. The molecular formula is C20H20FNO. The van der Waals surface area contributed by atoms with Gasteiger partial charge in [-0.2, -0.15) is 0 Å². The molecule has 0 aliphatic rings. The summed E-state index contributed by atoms with van der Waals surface area (Å²) in [5.41, 5.74) is 1.49. The Bertz CT molecular complexity index is 797. The first-order valence-electron chi connectivity index (χ1n) is 7.80. The van der Waals surface area contributed by atoms with Crippen LogP contribution in [-0.4, -0.2) is 11.7 Å². The van der Waals surface area contributed by atoms with Crippen LogP contribution in [0.2, 0.25) is 0 Å². The highest BCUT2D eigenvalue weighted by Crippen LogP contribution is 2.24. The van der Waals surface area contributed by atoms with Gasteiger partial charge in [0.05, 0.1) is 6.10 Å². The molecule has 3 rings (SSSR count). The third-order valence-corrected chi connectivity index (χ3v) is 4.17. The van der Waals surface area contributed by atoms with E-state index in [1.165, 1.54) is 22.4 Å². The van der Waals surface area contributed by atoms with E-state index in [0.29, 0.717) is 12.1 Å². The minimum Gasteiger partial charge on any atom is -0.387 e. The van der Waals surface area contributed by atoms with E-state index >= 15 is 0 Å². The smallest absolute Gasteiger partial charge is 0.129 e. The van der Waals surface area contributed by atoms with Crippen LogP contribution in [0.4, 0.5) is 4.39 Å². The third-order valence-electron chi connectivity index (χ3n) is 4.17. The maximum absolute atomic E-state index is 13.7. The fourth-order valence-electron chi connectivity index (χ4n) is 2.88. The second-order valence-electron chi connectivity index (χ2n) is 5.74. The average Bonchev–Trinajstić information content (AvgIpc) is 2.59. The van der Waals surface area contributed by atoms with Gasteiger partial charge >= 0.3 is 0 Å². The van der Waals surface area contributed by atoms with Crippen LogP contribution in [0.3, 0.4) is 0 Å². The molecule has 0 heterocycles. The normalized spacial score (nSPS) is 13.9. The Kier molecular flexibility index (Phi) is 4.70. The zero-order valence-electron chi connectivity index (χ0n) is 13.0. The topological polar surface area (TPSA) is 32.3 Å². The fraction of sp³-hybridized carbons (Fsp3) is 0.200. The number of nitrogens with one attached hydrogen (secondary N) is 1. The summed E-state index contributed by atoms with van der Waals surface area (Å²) in [6.07, 6.45) is -0.867. The van der Waals surface area contributed by atoms with Crippen molar-refractivity contribution < 1.29 is 9.50 Å². The number of hydrogen-bond acceptors (Lipinski definition) is 2. The van der Waals surface area contributed by atoms with Gasteiger partial charge in [-0.25, -0.2) is 4.39 Å². The van der Waals surface area contributed by atoms with E-state index in [1.807, 2.05) is 18.2 Å². The molecule has 0 aliphatic heterocycles. The van der Waals surface area contributed by atoms with Crippen LogP contribution in [-0.2, 0) is 0 Å². The Hall–Kier alpha value is -2.23. The summed E-state index contributed by atoms with van der Waals surface area (Å²) < 4.78 is 13.7. The number of rotatable bonds is 5. The lowest BCUT2D eigenvalue weighted by molar-refractivity contribution is 0.166. The molecule has 3 aromatic carbocycles. The first kappa shape index (κ1) is 15.7. The molecule has 2 atom stereocenters. The molecule has 0 bridgehead atoms. The Morgan fingerprint density at radius 1 is 0.913 bits per heavy atom. The molecule has 0 amide bonds. The fourth-order valence-corrected chi connectivity index (χ4v) is 2.88. The summed E-state index contributed by atoms with van der Waals surface area (Å²) >= 11 is 0. The molecule has 0 saturated heterocycles. The van der Waals surface area contributed by atoms with Gasteiger partial charge in [0.1, 0.15) is 5.82 Å². The SMILES string of the molecule is CC(NCC(O)c1ccccc1F)c1cccc2ccccc12. The van der Waals surface area contributed by atoms with Gasteiger partial charge in [-0.05, 0) is 29.3 Å². The molecule has 0 aromatic heterocycles. The molecule has 0 fully saturated rings. The largest absolute Gasteiger partial charge is 0.387 e. The summed E-state index contributed by atoms with van der Waals surface area (Å²) in [6, 6.07) is 20.8. The van der Waals surface area contributed by atoms with Crippen molar-refractivity contribution in [3.05, 3.63) is 83.7 Å². The monoisotopic (exact) mass is 309 g/mol. The number of aliphatic hydroxyl groups is 1. The molecule has 2 N–H and O–H groups in total. The highest BCUT2D eigenvalue weighted by molar-refractivity contribution is 5.86. The lowest BCUT2D eigenvalue weighted by Crippen LogP contribution is -2.25. The maximum Gasteiger partial charge on any atom is 0.129 e. The number of aliphatic hydroxyl groups excluding tert-OH is 1. The summed E-state index contributed by atoms with van der Waals surface area (Å²) in [5.74, 6) is -0.375. The predicted octanol–water partition coefficient (Wildman–Crippen LogP) is 4.36. The van der Waals surface area contributed by atoms with Gasteiger partial charge in [-0.1, -0.05) is 60.7 Å². The summed E-state index contributed by atoms with van der Waals surface area (Å²) in [5, 5.41) is 15.9. The molecule has 0 radical (unpaired) electrons. The van der Waals surface area contributed by atoms with Gasteiger partial charge in [0, 0.05) is 18.2 Å². The van der Waals surface area contributed by atoms with Crippen LogP contribution in [0.15, 0.2) is 66.7 Å². The number of fused-ring (bicyclic) bond motifs is 1. The van der Waals surface area contributed by atoms with Crippen molar-refractivity contribution >= 4 is 10.8 Å². The van der Waals surface area contributed by atoms with Crippen molar-refractivity contribution in [2.45, 2.75) is 19.1 Å². The Morgan fingerprint density at radius 2 is 1.57 bits per heavy atom. The van der Waals surface area contributed by atoms with Crippen LogP contribution < -0.4 is 5.32 Å². The van der Waals surface area contributed by atoms with Gasteiger partial charge in [0.15, 0.2) is 0 Å². The first-order valence-corrected chi connectivity index (χ1v) is 7.80. The number of benzene rings is 3. The second kappa shape index (κ2) is 6.90. The van der Waals surface area contributed by atoms with E-state index in [0.717, 1.165) is 0 Å². The Morgan fingerprint density at radius 3 is 2.39 bits per heavy atom. The van der Waals surface area contributed by atoms with Crippen molar-refractivity contribution in [3.8, 4) is 0 Å². The van der Waals surface area contributed by atoms with Gasteiger partial charge in [-0.3, -0.25) is 0 Å². The summed E-state index contributed by atoms with van der Waals surface area (Å²) in [4.78, 5) is 0. The molecule has 118 valence electrons. The van der Waals surface area contributed by atoms with Crippen LogP contribution >= 0.6 is 0 Å².